The van der Waals surface area contributed by atoms with E-state index in [0.29, 0.717) is 25.3 Å². The lowest BCUT2D eigenvalue weighted by molar-refractivity contribution is 0.0342. The first kappa shape index (κ1) is 15.9. The Labute approximate surface area is 137 Å². The first-order chi connectivity index (χ1) is 11.6. The molecular weight excluding hydrogens is 315 g/mol. The van der Waals surface area contributed by atoms with Crippen LogP contribution in [0.1, 0.15) is 22.8 Å². The molecule has 1 saturated heterocycles. The van der Waals surface area contributed by atoms with Crippen molar-refractivity contribution in [2.75, 3.05) is 18.5 Å². The standard InChI is InChI=1S/C15H15FN6O2/c16-13-5-10(1-3-19-13)20-15-11(14(18)23)7-22(21-15)12-8-24-4-2-9(12)6-17/h1,3,5,7,9,12H,2,4,8H2,(H2,18,23)(H,19,20,21). The van der Waals surface area contributed by atoms with Crippen LogP contribution in [-0.4, -0.2) is 33.9 Å². The Morgan fingerprint density at radius 1 is 1.58 bits per heavy atom. The summed E-state index contributed by atoms with van der Waals surface area (Å²) >= 11 is 0. The van der Waals surface area contributed by atoms with Crippen molar-refractivity contribution >= 4 is 17.4 Å². The van der Waals surface area contributed by atoms with Gasteiger partial charge in [-0.3, -0.25) is 9.48 Å². The summed E-state index contributed by atoms with van der Waals surface area (Å²) in [5, 5.41) is 16.4. The van der Waals surface area contributed by atoms with Gasteiger partial charge in [0.1, 0.15) is 5.56 Å². The van der Waals surface area contributed by atoms with Gasteiger partial charge in [0.05, 0.1) is 24.6 Å². The maximum atomic E-state index is 13.2. The molecular formula is C15H15FN6O2. The highest BCUT2D eigenvalue weighted by Gasteiger charge is 2.29. The number of nitrogens with one attached hydrogen (secondary N) is 1. The van der Waals surface area contributed by atoms with Gasteiger partial charge in [0, 0.05) is 30.8 Å². The number of nitriles is 1. The van der Waals surface area contributed by atoms with Gasteiger partial charge in [-0.15, -0.1) is 0 Å². The maximum absolute atomic E-state index is 13.2. The van der Waals surface area contributed by atoms with Crippen LogP contribution < -0.4 is 11.1 Å². The number of amides is 1. The molecule has 2 atom stereocenters. The fraction of sp³-hybridized carbons (Fsp3) is 0.333. The van der Waals surface area contributed by atoms with Gasteiger partial charge in [0.2, 0.25) is 5.95 Å². The van der Waals surface area contributed by atoms with E-state index in [4.69, 9.17) is 10.5 Å². The normalized spacial score (nSPS) is 20.3. The summed E-state index contributed by atoms with van der Waals surface area (Å²) in [6.07, 6.45) is 3.36. The average molecular weight is 330 g/mol. The van der Waals surface area contributed by atoms with E-state index in [1.165, 1.54) is 29.2 Å². The highest BCUT2D eigenvalue weighted by molar-refractivity contribution is 5.98. The number of primary amides is 1. The van der Waals surface area contributed by atoms with Crippen LogP contribution in [0.3, 0.4) is 0 Å². The Morgan fingerprint density at radius 3 is 3.12 bits per heavy atom. The monoisotopic (exact) mass is 330 g/mol. The molecule has 24 heavy (non-hydrogen) atoms. The number of ether oxygens (including phenoxy) is 1. The number of aromatic nitrogens is 3. The molecule has 3 N–H and O–H groups in total. The molecule has 1 amide bonds. The molecule has 0 bridgehead atoms. The second-order valence-electron chi connectivity index (χ2n) is 5.39. The van der Waals surface area contributed by atoms with Crippen LogP contribution in [0.25, 0.3) is 0 Å². The molecule has 1 aliphatic rings. The van der Waals surface area contributed by atoms with Crippen molar-refractivity contribution in [3.8, 4) is 6.07 Å². The van der Waals surface area contributed by atoms with E-state index in [1.54, 1.807) is 0 Å². The Balaban J connectivity index is 1.93. The number of carbonyl (C=O) groups excluding carboxylic acids is 1. The third-order valence-corrected chi connectivity index (χ3v) is 3.82. The van der Waals surface area contributed by atoms with Crippen LogP contribution in [0.15, 0.2) is 24.5 Å². The number of pyridine rings is 1. The van der Waals surface area contributed by atoms with Crippen molar-refractivity contribution < 1.29 is 13.9 Å². The molecule has 2 aromatic rings. The molecule has 0 spiro atoms. The largest absolute Gasteiger partial charge is 0.379 e. The Kier molecular flexibility index (Phi) is 4.39. The van der Waals surface area contributed by atoms with Gasteiger partial charge in [0.25, 0.3) is 5.91 Å². The second-order valence-corrected chi connectivity index (χ2v) is 5.39. The number of anilines is 2. The van der Waals surface area contributed by atoms with E-state index in [-0.39, 0.29) is 23.3 Å². The number of rotatable bonds is 4. The van der Waals surface area contributed by atoms with Crippen molar-refractivity contribution in [2.45, 2.75) is 12.5 Å². The lowest BCUT2D eigenvalue weighted by atomic mass is 9.97. The van der Waals surface area contributed by atoms with Crippen LogP contribution in [0.2, 0.25) is 0 Å². The summed E-state index contributed by atoms with van der Waals surface area (Å²) in [6.45, 7) is 0.835. The van der Waals surface area contributed by atoms with E-state index >= 15 is 0 Å². The van der Waals surface area contributed by atoms with Crippen LogP contribution in [0.4, 0.5) is 15.9 Å². The van der Waals surface area contributed by atoms with Crippen LogP contribution in [-0.2, 0) is 4.74 Å². The van der Waals surface area contributed by atoms with Crippen LogP contribution in [0.5, 0.6) is 0 Å². The lowest BCUT2D eigenvalue weighted by Gasteiger charge is -2.26. The number of nitrogens with zero attached hydrogens (tertiary/aromatic N) is 4. The molecule has 0 saturated carbocycles. The third kappa shape index (κ3) is 3.18. The summed E-state index contributed by atoms with van der Waals surface area (Å²) in [5.74, 6) is -1.42. The minimum Gasteiger partial charge on any atom is -0.379 e. The number of nitrogens with two attached hydrogens (primary N) is 1. The van der Waals surface area contributed by atoms with Crippen molar-refractivity contribution in [1.29, 1.82) is 5.26 Å². The van der Waals surface area contributed by atoms with E-state index < -0.39 is 11.9 Å². The SMILES string of the molecule is N#CC1CCOCC1n1cc(C(N)=O)c(Nc2ccnc(F)c2)n1. The van der Waals surface area contributed by atoms with Crippen LogP contribution in [0, 0.1) is 23.2 Å². The number of hydrogen-bond donors (Lipinski definition) is 2. The Bertz CT molecular complexity index is 800. The first-order valence-electron chi connectivity index (χ1n) is 7.33. The molecule has 2 aromatic heterocycles. The summed E-state index contributed by atoms with van der Waals surface area (Å²) in [6, 6.07) is 4.63. The van der Waals surface area contributed by atoms with E-state index in [1.807, 2.05) is 0 Å². The molecule has 3 rings (SSSR count). The minimum absolute atomic E-state index is 0.148. The highest BCUT2D eigenvalue weighted by atomic mass is 19.1. The maximum Gasteiger partial charge on any atom is 0.254 e. The second kappa shape index (κ2) is 6.64. The van der Waals surface area contributed by atoms with E-state index in [0.717, 1.165) is 0 Å². The van der Waals surface area contributed by atoms with Gasteiger partial charge in [0.15, 0.2) is 5.82 Å². The summed E-state index contributed by atoms with van der Waals surface area (Å²) in [5.41, 5.74) is 5.92. The third-order valence-electron chi connectivity index (χ3n) is 3.82. The number of hydrogen-bond acceptors (Lipinski definition) is 6. The molecule has 1 fully saturated rings. The topological polar surface area (TPSA) is 119 Å². The Hall–Kier alpha value is -2.99. The van der Waals surface area contributed by atoms with Gasteiger partial charge >= 0.3 is 0 Å². The molecule has 124 valence electrons. The molecule has 2 unspecified atom stereocenters. The molecule has 8 nitrogen and oxygen atoms in total. The molecule has 1 aliphatic heterocycles. The predicted molar refractivity (Wildman–Crippen MR) is 81.8 cm³/mol. The van der Waals surface area contributed by atoms with E-state index in [9.17, 15) is 14.4 Å². The van der Waals surface area contributed by atoms with E-state index in [2.05, 4.69) is 21.5 Å². The zero-order valence-electron chi connectivity index (χ0n) is 12.6. The zero-order valence-corrected chi connectivity index (χ0v) is 12.6. The Morgan fingerprint density at radius 2 is 2.42 bits per heavy atom. The molecule has 3 heterocycles. The predicted octanol–water partition coefficient (Wildman–Crippen LogP) is 1.36. The van der Waals surface area contributed by atoms with Crippen molar-refractivity contribution in [1.82, 2.24) is 14.8 Å². The van der Waals surface area contributed by atoms with Gasteiger partial charge in [-0.05, 0) is 12.5 Å². The van der Waals surface area contributed by atoms with Crippen molar-refractivity contribution in [3.63, 3.8) is 0 Å². The van der Waals surface area contributed by atoms with Crippen LogP contribution >= 0.6 is 0 Å². The fourth-order valence-corrected chi connectivity index (χ4v) is 2.59. The zero-order chi connectivity index (χ0) is 17.1. The van der Waals surface area contributed by atoms with Gasteiger partial charge in [-0.1, -0.05) is 0 Å². The summed E-state index contributed by atoms with van der Waals surface area (Å²) < 4.78 is 20.1. The smallest absolute Gasteiger partial charge is 0.254 e. The average Bonchev–Trinajstić information content (AvgIpc) is 2.98. The highest BCUT2D eigenvalue weighted by Crippen LogP contribution is 2.28. The minimum atomic E-state index is -0.677. The summed E-state index contributed by atoms with van der Waals surface area (Å²) in [7, 11) is 0. The fourth-order valence-electron chi connectivity index (χ4n) is 2.59. The van der Waals surface area contributed by atoms with Crippen molar-refractivity contribution in [2.24, 2.45) is 11.7 Å². The van der Waals surface area contributed by atoms with Gasteiger partial charge in [-0.25, -0.2) is 4.98 Å². The van der Waals surface area contributed by atoms with Gasteiger partial charge in [-0.2, -0.15) is 14.8 Å². The molecule has 0 aliphatic carbocycles. The van der Waals surface area contributed by atoms with Gasteiger partial charge < -0.3 is 15.8 Å². The lowest BCUT2D eigenvalue weighted by Crippen LogP contribution is -2.29. The number of carbonyl (C=O) groups is 1. The molecule has 0 radical (unpaired) electrons. The molecule has 0 aromatic carbocycles. The quantitative estimate of drug-likeness (QED) is 0.817. The molecule has 9 heteroatoms. The summed E-state index contributed by atoms with van der Waals surface area (Å²) in [4.78, 5) is 15.1. The number of halogens is 1. The van der Waals surface area contributed by atoms with Crippen molar-refractivity contribution in [3.05, 3.63) is 36.0 Å². The first-order valence-corrected chi connectivity index (χ1v) is 7.33.